The Balaban J connectivity index is 1.82. The molecule has 0 saturated carbocycles. The van der Waals surface area contributed by atoms with E-state index in [9.17, 15) is 22.8 Å². The van der Waals surface area contributed by atoms with Crippen LogP contribution in [0.2, 0.25) is 0 Å². The number of carbonyl (C=O) groups is 2. The third-order valence-electron chi connectivity index (χ3n) is 4.76. The molecule has 1 N–H and O–H groups in total. The molecule has 2 fully saturated rings. The van der Waals surface area contributed by atoms with Crippen LogP contribution in [0.25, 0.3) is 0 Å². The van der Waals surface area contributed by atoms with Gasteiger partial charge in [-0.3, -0.25) is 4.79 Å². The number of hydrogen-bond donors (Lipinski definition) is 1. The number of amides is 1. The van der Waals surface area contributed by atoms with E-state index in [1.807, 2.05) is 6.92 Å². The lowest BCUT2D eigenvalue weighted by molar-refractivity contribution is -0.189. The molecule has 1 aromatic carbocycles. The molecule has 1 spiro atoms. The number of nitrogens with zero attached hydrogens (tertiary/aromatic N) is 1. The van der Waals surface area contributed by atoms with Crippen LogP contribution >= 0.6 is 0 Å². The zero-order chi connectivity index (χ0) is 19.7. The molecule has 3 rings (SSSR count). The lowest BCUT2D eigenvalue weighted by Crippen LogP contribution is -2.59. The maximum atomic E-state index is 13.0. The standard InChI is InChI=1S/C18H21F3N2O4/c1-12-10-23(11-17(27-12)6-8-22-9-7-17)15(24)13-4-2-3-5-14(13)26-16(25)18(19,20)21/h2-5,12,22H,6-11H2,1H3. The number of para-hydroxylation sites is 1. The molecule has 1 amide bonds. The van der Waals surface area contributed by atoms with Crippen molar-refractivity contribution in [3.05, 3.63) is 29.8 Å². The van der Waals surface area contributed by atoms with Crippen LogP contribution in [0.15, 0.2) is 24.3 Å². The Morgan fingerprint density at radius 1 is 1.26 bits per heavy atom. The molecule has 27 heavy (non-hydrogen) atoms. The number of piperidine rings is 1. The van der Waals surface area contributed by atoms with Crippen molar-refractivity contribution < 1.29 is 32.2 Å². The molecule has 0 bridgehead atoms. The first kappa shape index (κ1) is 19.6. The van der Waals surface area contributed by atoms with Crippen molar-refractivity contribution in [2.24, 2.45) is 0 Å². The number of morpholine rings is 1. The number of carbonyl (C=O) groups excluding carboxylic acids is 2. The van der Waals surface area contributed by atoms with E-state index < -0.39 is 29.4 Å². The molecule has 148 valence electrons. The van der Waals surface area contributed by atoms with Gasteiger partial charge in [-0.05, 0) is 45.0 Å². The smallest absolute Gasteiger partial charge is 0.419 e. The highest BCUT2D eigenvalue weighted by Crippen LogP contribution is 2.32. The quantitative estimate of drug-likeness (QED) is 0.623. The van der Waals surface area contributed by atoms with Gasteiger partial charge in [0, 0.05) is 6.54 Å². The van der Waals surface area contributed by atoms with E-state index in [-0.39, 0.29) is 11.7 Å². The minimum Gasteiger partial charge on any atom is -0.419 e. The first-order valence-electron chi connectivity index (χ1n) is 8.76. The molecule has 0 aliphatic carbocycles. The second-order valence-electron chi connectivity index (χ2n) is 6.93. The number of benzene rings is 1. The van der Waals surface area contributed by atoms with Crippen molar-refractivity contribution in [2.75, 3.05) is 26.2 Å². The molecule has 2 aliphatic heterocycles. The summed E-state index contributed by atoms with van der Waals surface area (Å²) >= 11 is 0. The van der Waals surface area contributed by atoms with E-state index >= 15 is 0 Å². The zero-order valence-corrected chi connectivity index (χ0v) is 14.8. The third-order valence-corrected chi connectivity index (χ3v) is 4.76. The molecule has 2 heterocycles. The summed E-state index contributed by atoms with van der Waals surface area (Å²) in [6.45, 7) is 4.07. The van der Waals surface area contributed by atoms with Crippen molar-refractivity contribution in [2.45, 2.75) is 37.6 Å². The largest absolute Gasteiger partial charge is 0.491 e. The number of nitrogens with one attached hydrogen (secondary N) is 1. The summed E-state index contributed by atoms with van der Waals surface area (Å²) < 4.78 is 48.1. The fourth-order valence-electron chi connectivity index (χ4n) is 3.60. The molecular formula is C18H21F3N2O4. The molecular weight excluding hydrogens is 365 g/mol. The van der Waals surface area contributed by atoms with Gasteiger partial charge in [0.15, 0.2) is 0 Å². The SMILES string of the molecule is CC1CN(C(=O)c2ccccc2OC(=O)C(F)(F)F)CC2(CCNCC2)O1. The van der Waals surface area contributed by atoms with Crippen molar-refractivity contribution in [3.63, 3.8) is 0 Å². The van der Waals surface area contributed by atoms with Gasteiger partial charge in [0.05, 0.1) is 23.8 Å². The Hall–Kier alpha value is -2.13. The van der Waals surface area contributed by atoms with Gasteiger partial charge in [0.1, 0.15) is 5.75 Å². The summed E-state index contributed by atoms with van der Waals surface area (Å²) in [5.41, 5.74) is -0.538. The van der Waals surface area contributed by atoms with E-state index in [4.69, 9.17) is 4.74 Å². The highest BCUT2D eigenvalue weighted by molar-refractivity contribution is 5.98. The van der Waals surface area contributed by atoms with Crippen molar-refractivity contribution >= 4 is 11.9 Å². The Bertz CT molecular complexity index is 717. The number of hydrogen-bond acceptors (Lipinski definition) is 5. The van der Waals surface area contributed by atoms with Crippen LogP contribution in [0, 0.1) is 0 Å². The monoisotopic (exact) mass is 386 g/mol. The van der Waals surface area contributed by atoms with Crippen LogP contribution in [-0.4, -0.2) is 60.8 Å². The predicted molar refractivity (Wildman–Crippen MR) is 89.4 cm³/mol. The van der Waals surface area contributed by atoms with E-state index in [0.717, 1.165) is 25.9 Å². The minimum absolute atomic E-state index is 0.0757. The predicted octanol–water partition coefficient (Wildman–Crippen LogP) is 2.14. The first-order valence-corrected chi connectivity index (χ1v) is 8.76. The van der Waals surface area contributed by atoms with Gasteiger partial charge in [0.25, 0.3) is 5.91 Å². The highest BCUT2D eigenvalue weighted by Gasteiger charge is 2.44. The van der Waals surface area contributed by atoms with Gasteiger partial charge < -0.3 is 19.7 Å². The lowest BCUT2D eigenvalue weighted by Gasteiger charge is -2.47. The summed E-state index contributed by atoms with van der Waals surface area (Å²) in [5.74, 6) is -3.23. The van der Waals surface area contributed by atoms with Crippen LogP contribution in [0.5, 0.6) is 5.75 Å². The van der Waals surface area contributed by atoms with E-state index in [1.165, 1.54) is 24.3 Å². The minimum atomic E-state index is -5.14. The van der Waals surface area contributed by atoms with Crippen LogP contribution in [-0.2, 0) is 9.53 Å². The van der Waals surface area contributed by atoms with Crippen LogP contribution < -0.4 is 10.1 Å². The molecule has 2 aliphatic rings. The van der Waals surface area contributed by atoms with Crippen molar-refractivity contribution in [3.8, 4) is 5.75 Å². The molecule has 2 saturated heterocycles. The molecule has 0 aromatic heterocycles. The first-order chi connectivity index (χ1) is 12.7. The van der Waals surface area contributed by atoms with E-state index in [0.29, 0.717) is 13.1 Å². The maximum Gasteiger partial charge on any atom is 0.491 e. The molecule has 6 nitrogen and oxygen atoms in total. The summed E-state index contributed by atoms with van der Waals surface area (Å²) in [4.78, 5) is 25.8. The normalized spacial score (nSPS) is 22.5. The second-order valence-corrected chi connectivity index (χ2v) is 6.93. The van der Waals surface area contributed by atoms with Gasteiger partial charge in [-0.25, -0.2) is 4.79 Å². The zero-order valence-electron chi connectivity index (χ0n) is 14.8. The molecule has 1 atom stereocenters. The second kappa shape index (κ2) is 7.47. The fourth-order valence-corrected chi connectivity index (χ4v) is 3.60. The number of ether oxygens (including phenoxy) is 2. The number of rotatable bonds is 2. The topological polar surface area (TPSA) is 67.9 Å². The molecule has 1 unspecified atom stereocenters. The van der Waals surface area contributed by atoms with E-state index in [1.54, 1.807) is 4.90 Å². The summed E-state index contributed by atoms with van der Waals surface area (Å²) in [7, 11) is 0. The number of halogens is 3. The summed E-state index contributed by atoms with van der Waals surface area (Å²) in [5, 5.41) is 3.24. The Morgan fingerprint density at radius 3 is 2.59 bits per heavy atom. The third kappa shape index (κ3) is 4.41. The van der Waals surface area contributed by atoms with Crippen molar-refractivity contribution in [1.82, 2.24) is 10.2 Å². The van der Waals surface area contributed by atoms with Gasteiger partial charge in [-0.15, -0.1) is 0 Å². The fraction of sp³-hybridized carbons (Fsp3) is 0.556. The maximum absolute atomic E-state index is 13.0. The molecule has 9 heteroatoms. The Labute approximate surface area is 154 Å². The van der Waals surface area contributed by atoms with Crippen LogP contribution in [0.1, 0.15) is 30.1 Å². The van der Waals surface area contributed by atoms with Crippen LogP contribution in [0.4, 0.5) is 13.2 Å². The average Bonchev–Trinajstić information content (AvgIpc) is 2.60. The number of esters is 1. The highest BCUT2D eigenvalue weighted by atomic mass is 19.4. The Morgan fingerprint density at radius 2 is 1.93 bits per heavy atom. The van der Waals surface area contributed by atoms with E-state index in [2.05, 4.69) is 10.1 Å². The molecule has 0 radical (unpaired) electrons. The van der Waals surface area contributed by atoms with Crippen molar-refractivity contribution in [1.29, 1.82) is 0 Å². The van der Waals surface area contributed by atoms with Gasteiger partial charge in [-0.2, -0.15) is 13.2 Å². The number of alkyl halides is 3. The summed E-state index contributed by atoms with van der Waals surface area (Å²) in [6.07, 6.45) is -3.86. The average molecular weight is 386 g/mol. The lowest BCUT2D eigenvalue weighted by atomic mass is 9.89. The van der Waals surface area contributed by atoms with Crippen LogP contribution in [0.3, 0.4) is 0 Å². The summed E-state index contributed by atoms with van der Waals surface area (Å²) in [6, 6.07) is 5.46. The van der Waals surface area contributed by atoms with Gasteiger partial charge in [-0.1, -0.05) is 12.1 Å². The van der Waals surface area contributed by atoms with Gasteiger partial charge in [0.2, 0.25) is 0 Å². The van der Waals surface area contributed by atoms with Gasteiger partial charge >= 0.3 is 12.1 Å². The Kier molecular flexibility index (Phi) is 5.43. The molecule has 1 aromatic rings.